The molecule has 1 saturated heterocycles. The minimum atomic E-state index is -0.0118. The quantitative estimate of drug-likeness (QED) is 0.597. The van der Waals surface area contributed by atoms with E-state index in [1.54, 1.807) is 4.57 Å². The van der Waals surface area contributed by atoms with Crippen LogP contribution >= 0.6 is 12.2 Å². The Bertz CT molecular complexity index is 920. The Morgan fingerprint density at radius 3 is 2.81 bits per heavy atom. The zero-order valence-corrected chi connectivity index (χ0v) is 16.5. The summed E-state index contributed by atoms with van der Waals surface area (Å²) in [6, 6.07) is 10.4. The van der Waals surface area contributed by atoms with Gasteiger partial charge >= 0.3 is 0 Å². The van der Waals surface area contributed by atoms with Crippen molar-refractivity contribution in [1.29, 1.82) is 0 Å². The van der Waals surface area contributed by atoms with Crippen LogP contribution in [-0.4, -0.2) is 54.2 Å². The van der Waals surface area contributed by atoms with E-state index in [1.807, 2.05) is 25.2 Å². The first-order chi connectivity index (χ1) is 13.0. The Morgan fingerprint density at radius 2 is 2.04 bits per heavy atom. The van der Waals surface area contributed by atoms with Gasteiger partial charge in [0.05, 0.1) is 19.8 Å². The number of benzene rings is 1. The van der Waals surface area contributed by atoms with Crippen molar-refractivity contribution in [3.63, 3.8) is 0 Å². The highest BCUT2D eigenvalue weighted by atomic mass is 32.1. The number of hydrogen-bond donors (Lipinski definition) is 0. The van der Waals surface area contributed by atoms with Crippen LogP contribution in [0.4, 0.5) is 11.5 Å². The summed E-state index contributed by atoms with van der Waals surface area (Å²) in [5.41, 5.74) is 2.44. The number of anilines is 2. The highest BCUT2D eigenvalue weighted by Gasteiger charge is 2.28. The molecule has 27 heavy (non-hydrogen) atoms. The fourth-order valence-corrected chi connectivity index (χ4v) is 4.02. The van der Waals surface area contributed by atoms with Gasteiger partial charge < -0.3 is 19.1 Å². The number of nitrogens with zero attached hydrogens (tertiary/aromatic N) is 4. The van der Waals surface area contributed by atoms with Crippen LogP contribution in [0.2, 0.25) is 0 Å². The molecule has 0 N–H and O–H groups in total. The molecule has 1 aromatic carbocycles. The van der Waals surface area contributed by atoms with E-state index >= 15 is 0 Å². The molecule has 4 rings (SSSR count). The van der Waals surface area contributed by atoms with Gasteiger partial charge in [-0.25, -0.2) is 4.98 Å². The first-order valence-corrected chi connectivity index (χ1v) is 9.74. The summed E-state index contributed by atoms with van der Waals surface area (Å²) in [5, 5.41) is 0. The third-order valence-corrected chi connectivity index (χ3v) is 5.76. The van der Waals surface area contributed by atoms with Gasteiger partial charge in [0.1, 0.15) is 10.5 Å². The summed E-state index contributed by atoms with van der Waals surface area (Å²) >= 11 is 5.48. The lowest BCUT2D eigenvalue weighted by molar-refractivity contribution is 0.0983. The molecule has 0 radical (unpaired) electrons. The zero-order valence-electron chi connectivity index (χ0n) is 15.7. The SMILES string of the molecule is C[C@H]1Cc2ccccc2N1CC(=O)c1nc(N2CCOCC2)cc(=S)n1C. The molecule has 0 spiro atoms. The van der Waals surface area contributed by atoms with Crippen LogP contribution in [0.5, 0.6) is 0 Å². The fourth-order valence-electron chi connectivity index (χ4n) is 3.83. The van der Waals surface area contributed by atoms with E-state index in [4.69, 9.17) is 17.0 Å². The molecule has 1 aromatic heterocycles. The minimum Gasteiger partial charge on any atom is -0.378 e. The number of carbonyl (C=O) groups excluding carboxylic acids is 1. The minimum absolute atomic E-state index is 0.0118. The number of carbonyl (C=O) groups is 1. The highest BCUT2D eigenvalue weighted by Crippen LogP contribution is 2.31. The molecule has 2 aliphatic rings. The predicted octanol–water partition coefficient (Wildman–Crippen LogP) is 2.62. The summed E-state index contributed by atoms with van der Waals surface area (Å²) in [4.78, 5) is 22.1. The second-order valence-corrected chi connectivity index (χ2v) is 7.59. The van der Waals surface area contributed by atoms with Gasteiger partial charge in [-0.3, -0.25) is 4.79 Å². The number of ketones is 1. The average Bonchev–Trinajstić information content (AvgIpc) is 3.00. The molecular weight excluding hydrogens is 360 g/mol. The molecule has 1 atom stereocenters. The maximum absolute atomic E-state index is 13.1. The maximum Gasteiger partial charge on any atom is 0.217 e. The van der Waals surface area contributed by atoms with E-state index in [0.717, 1.165) is 31.0 Å². The van der Waals surface area contributed by atoms with Crippen molar-refractivity contribution < 1.29 is 9.53 Å². The lowest BCUT2D eigenvalue weighted by Gasteiger charge is -2.28. The molecule has 142 valence electrons. The topological polar surface area (TPSA) is 50.6 Å². The summed E-state index contributed by atoms with van der Waals surface area (Å²) in [7, 11) is 1.81. The van der Waals surface area contributed by atoms with Gasteiger partial charge in [0.15, 0.2) is 5.82 Å². The van der Waals surface area contributed by atoms with E-state index in [2.05, 4.69) is 33.8 Å². The van der Waals surface area contributed by atoms with Gasteiger partial charge in [-0.1, -0.05) is 30.4 Å². The number of ether oxygens (including phenoxy) is 1. The predicted molar refractivity (Wildman–Crippen MR) is 108 cm³/mol. The van der Waals surface area contributed by atoms with E-state index in [9.17, 15) is 4.79 Å². The molecule has 6 nitrogen and oxygen atoms in total. The van der Waals surface area contributed by atoms with Gasteiger partial charge in [-0.2, -0.15) is 0 Å². The van der Waals surface area contributed by atoms with Gasteiger partial charge in [-0.15, -0.1) is 0 Å². The molecular formula is C20H24N4O2S. The van der Waals surface area contributed by atoms with Crippen LogP contribution in [0.3, 0.4) is 0 Å². The molecule has 0 aliphatic carbocycles. The van der Waals surface area contributed by atoms with Crippen LogP contribution < -0.4 is 9.80 Å². The highest BCUT2D eigenvalue weighted by molar-refractivity contribution is 7.71. The molecule has 3 heterocycles. The Morgan fingerprint density at radius 1 is 1.30 bits per heavy atom. The lowest BCUT2D eigenvalue weighted by atomic mass is 10.1. The Hall–Kier alpha value is -2.25. The van der Waals surface area contributed by atoms with E-state index < -0.39 is 0 Å². The van der Waals surface area contributed by atoms with Gasteiger partial charge in [0.2, 0.25) is 5.78 Å². The number of Topliss-reactive ketones (excluding diaryl/α,β-unsaturated/α-hetero) is 1. The van der Waals surface area contributed by atoms with Gasteiger partial charge in [0, 0.05) is 37.9 Å². The first-order valence-electron chi connectivity index (χ1n) is 9.33. The van der Waals surface area contributed by atoms with Gasteiger partial charge in [-0.05, 0) is 25.0 Å². The van der Waals surface area contributed by atoms with E-state index in [0.29, 0.717) is 36.3 Å². The number of fused-ring (bicyclic) bond motifs is 1. The first kappa shape index (κ1) is 18.1. The van der Waals surface area contributed by atoms with E-state index in [1.165, 1.54) is 5.56 Å². The molecule has 0 saturated carbocycles. The molecule has 0 bridgehead atoms. The number of aromatic nitrogens is 2. The van der Waals surface area contributed by atoms with Crippen molar-refractivity contribution in [1.82, 2.24) is 9.55 Å². The van der Waals surface area contributed by atoms with Crippen molar-refractivity contribution in [2.24, 2.45) is 7.05 Å². The monoisotopic (exact) mass is 384 g/mol. The van der Waals surface area contributed by atoms with Crippen molar-refractivity contribution >= 4 is 29.5 Å². The zero-order chi connectivity index (χ0) is 19.0. The summed E-state index contributed by atoms with van der Waals surface area (Å²) in [6.07, 6.45) is 0.961. The van der Waals surface area contributed by atoms with Crippen molar-refractivity contribution in [2.45, 2.75) is 19.4 Å². The standard InChI is InChI=1S/C20H24N4O2S/c1-14-11-15-5-3-4-6-16(15)24(14)13-17(25)20-21-18(12-19(27)22(20)2)23-7-9-26-10-8-23/h3-6,12,14H,7-11,13H2,1-2H3/t14-/m0/s1. The summed E-state index contributed by atoms with van der Waals surface area (Å²) < 4.78 is 7.74. The molecule has 7 heteroatoms. The second kappa shape index (κ2) is 7.40. The third kappa shape index (κ3) is 3.49. The maximum atomic E-state index is 13.1. The molecule has 0 unspecified atom stereocenters. The molecule has 2 aliphatic heterocycles. The molecule has 2 aromatic rings. The average molecular weight is 385 g/mol. The van der Waals surface area contributed by atoms with Crippen LogP contribution in [0, 0.1) is 4.64 Å². The largest absolute Gasteiger partial charge is 0.378 e. The summed E-state index contributed by atoms with van der Waals surface area (Å²) in [6.45, 7) is 5.32. The normalized spacial score (nSPS) is 19.3. The van der Waals surface area contributed by atoms with Crippen LogP contribution in [0.1, 0.15) is 23.1 Å². The number of morpholine rings is 1. The fraction of sp³-hybridized carbons (Fsp3) is 0.450. The molecule has 1 fully saturated rings. The van der Waals surface area contributed by atoms with Crippen LogP contribution in [0.25, 0.3) is 0 Å². The van der Waals surface area contributed by atoms with Crippen molar-refractivity contribution in [3.05, 3.63) is 46.4 Å². The number of para-hydroxylation sites is 1. The third-order valence-electron chi connectivity index (χ3n) is 5.37. The number of hydrogen-bond acceptors (Lipinski definition) is 6. The summed E-state index contributed by atoms with van der Waals surface area (Å²) in [5.74, 6) is 1.17. The second-order valence-electron chi connectivity index (χ2n) is 7.17. The van der Waals surface area contributed by atoms with Crippen LogP contribution in [-0.2, 0) is 18.2 Å². The lowest BCUT2D eigenvalue weighted by Crippen LogP contribution is -2.38. The van der Waals surface area contributed by atoms with Crippen LogP contribution in [0.15, 0.2) is 30.3 Å². The van der Waals surface area contributed by atoms with E-state index in [-0.39, 0.29) is 5.78 Å². The molecule has 0 amide bonds. The van der Waals surface area contributed by atoms with Gasteiger partial charge in [0.25, 0.3) is 0 Å². The Kier molecular flexibility index (Phi) is 4.97. The number of rotatable bonds is 4. The Labute approximate surface area is 164 Å². The smallest absolute Gasteiger partial charge is 0.217 e. The Balaban J connectivity index is 1.62. The van der Waals surface area contributed by atoms with Crippen molar-refractivity contribution in [2.75, 3.05) is 42.6 Å². The van der Waals surface area contributed by atoms with Crippen molar-refractivity contribution in [3.8, 4) is 0 Å².